The van der Waals surface area contributed by atoms with Crippen LogP contribution in [0.4, 0.5) is 0 Å². The number of carbonyl (C=O) groups is 1. The van der Waals surface area contributed by atoms with E-state index >= 15 is 0 Å². The van der Waals surface area contributed by atoms with Gasteiger partial charge < -0.3 is 4.74 Å². The van der Waals surface area contributed by atoms with Crippen molar-refractivity contribution in [3.63, 3.8) is 0 Å². The Morgan fingerprint density at radius 3 is 2.00 bits per heavy atom. The minimum atomic E-state index is -0.0306. The fourth-order valence-electron chi connectivity index (χ4n) is 8.47. The lowest BCUT2D eigenvalue weighted by molar-refractivity contribution is -0.140. The van der Waals surface area contributed by atoms with Crippen molar-refractivity contribution in [1.29, 1.82) is 0 Å². The van der Waals surface area contributed by atoms with Crippen molar-refractivity contribution in [1.82, 2.24) is 0 Å². The Morgan fingerprint density at radius 1 is 0.800 bits per heavy atom. The van der Waals surface area contributed by atoms with Gasteiger partial charge in [-0.25, -0.2) is 0 Å². The molecule has 0 amide bonds. The standard InChI is InChI=1S/C24H40O2.C5H12.2C2H6/c1-23-15-5-4-7-17(23)10-12-19-20-13-11-18(8-6-9-22(25)26-3)24(20,2)16-14-21(19)23;1-5(2,3)4;2*1-2/h17-21H,4-16H2,1-3H3;1-4H3;2*1-2H3. The average Bonchev–Trinajstić information content (AvgIpc) is 3.16. The number of carbonyl (C=O) groups excluding carboxylic acids is 1. The molecule has 0 spiro atoms. The number of esters is 1. The molecule has 0 N–H and O–H groups in total. The molecule has 0 saturated heterocycles. The van der Waals surface area contributed by atoms with Gasteiger partial charge in [-0.05, 0) is 110 Å². The molecule has 4 aliphatic rings. The summed E-state index contributed by atoms with van der Waals surface area (Å²) >= 11 is 0. The number of hydrogen-bond donors (Lipinski definition) is 0. The van der Waals surface area contributed by atoms with Gasteiger partial charge in [-0.1, -0.05) is 82.1 Å². The zero-order chi connectivity index (χ0) is 26.9. The van der Waals surface area contributed by atoms with Crippen LogP contribution in [0.25, 0.3) is 0 Å². The molecule has 208 valence electrons. The molecular formula is C33H64O2. The Hall–Kier alpha value is -0.530. The SMILES string of the molecule is CC.CC.CC(C)(C)C.COC(=O)CCCC1CCC2C3CCC4CCCCC4(C)C3CCC12C. The van der Waals surface area contributed by atoms with Crippen LogP contribution >= 0.6 is 0 Å². The Labute approximate surface area is 221 Å². The summed E-state index contributed by atoms with van der Waals surface area (Å²) in [6.45, 7) is 22.1. The Morgan fingerprint density at radius 2 is 1.40 bits per heavy atom. The van der Waals surface area contributed by atoms with Crippen molar-refractivity contribution < 1.29 is 9.53 Å². The molecule has 4 saturated carbocycles. The third-order valence-corrected chi connectivity index (χ3v) is 9.94. The average molecular weight is 493 g/mol. The molecule has 0 aliphatic heterocycles. The van der Waals surface area contributed by atoms with Gasteiger partial charge in [0.1, 0.15) is 0 Å². The summed E-state index contributed by atoms with van der Waals surface area (Å²) in [5, 5.41) is 0. The van der Waals surface area contributed by atoms with Gasteiger partial charge >= 0.3 is 5.97 Å². The van der Waals surface area contributed by atoms with Crippen molar-refractivity contribution in [3.8, 4) is 0 Å². The summed E-state index contributed by atoms with van der Waals surface area (Å²) in [7, 11) is 1.51. The summed E-state index contributed by atoms with van der Waals surface area (Å²) < 4.78 is 4.84. The minimum Gasteiger partial charge on any atom is -0.469 e. The monoisotopic (exact) mass is 492 g/mol. The lowest BCUT2D eigenvalue weighted by Gasteiger charge is -2.60. The summed E-state index contributed by atoms with van der Waals surface area (Å²) in [6, 6.07) is 0. The molecule has 0 bridgehead atoms. The summed E-state index contributed by atoms with van der Waals surface area (Å²) in [5.74, 6) is 4.81. The van der Waals surface area contributed by atoms with Crippen LogP contribution < -0.4 is 0 Å². The van der Waals surface area contributed by atoms with Crippen LogP contribution in [0.3, 0.4) is 0 Å². The summed E-state index contributed by atoms with van der Waals surface area (Å²) in [6.07, 6.45) is 17.7. The van der Waals surface area contributed by atoms with Crippen LogP contribution in [-0.2, 0) is 9.53 Å². The van der Waals surface area contributed by atoms with Crippen LogP contribution in [-0.4, -0.2) is 13.1 Å². The first-order chi connectivity index (χ1) is 16.5. The van der Waals surface area contributed by atoms with E-state index in [1.165, 1.54) is 77.7 Å². The molecule has 4 aliphatic carbocycles. The first kappa shape index (κ1) is 32.5. The largest absolute Gasteiger partial charge is 0.469 e. The van der Waals surface area contributed by atoms with E-state index in [1.807, 2.05) is 27.7 Å². The van der Waals surface area contributed by atoms with Crippen molar-refractivity contribution >= 4 is 5.97 Å². The Kier molecular flexibility index (Phi) is 13.4. The second kappa shape index (κ2) is 14.4. The van der Waals surface area contributed by atoms with E-state index in [9.17, 15) is 4.79 Å². The predicted octanol–water partition coefficient (Wildman–Crippen LogP) is 10.5. The molecule has 0 aromatic rings. The molecule has 0 aromatic heterocycles. The lowest BCUT2D eigenvalue weighted by Crippen LogP contribution is -2.52. The van der Waals surface area contributed by atoms with Gasteiger partial charge in [-0.15, -0.1) is 0 Å². The van der Waals surface area contributed by atoms with Gasteiger partial charge in [0.2, 0.25) is 0 Å². The molecule has 2 nitrogen and oxygen atoms in total. The van der Waals surface area contributed by atoms with Gasteiger partial charge in [0, 0.05) is 6.42 Å². The van der Waals surface area contributed by atoms with Crippen molar-refractivity contribution in [3.05, 3.63) is 0 Å². The molecule has 7 atom stereocenters. The molecule has 0 heterocycles. The second-order valence-corrected chi connectivity index (χ2v) is 13.7. The molecular weight excluding hydrogens is 428 g/mol. The number of rotatable bonds is 4. The number of hydrogen-bond acceptors (Lipinski definition) is 2. The maximum absolute atomic E-state index is 11.5. The van der Waals surface area contributed by atoms with Crippen molar-refractivity contribution in [2.75, 3.05) is 7.11 Å². The van der Waals surface area contributed by atoms with E-state index < -0.39 is 0 Å². The van der Waals surface area contributed by atoms with Crippen molar-refractivity contribution in [2.24, 2.45) is 45.8 Å². The predicted molar refractivity (Wildman–Crippen MR) is 154 cm³/mol. The highest BCUT2D eigenvalue weighted by molar-refractivity contribution is 5.68. The lowest BCUT2D eigenvalue weighted by atomic mass is 9.45. The van der Waals surface area contributed by atoms with E-state index in [0.29, 0.717) is 22.7 Å². The zero-order valence-electron chi connectivity index (χ0n) is 25.9. The molecule has 35 heavy (non-hydrogen) atoms. The Bertz CT molecular complexity index is 599. The number of ether oxygens (including phenoxy) is 1. The molecule has 4 fully saturated rings. The number of fused-ring (bicyclic) bond motifs is 5. The molecule has 0 radical (unpaired) electrons. The van der Waals surface area contributed by atoms with Crippen LogP contribution in [0.15, 0.2) is 0 Å². The van der Waals surface area contributed by atoms with E-state index in [1.54, 1.807) is 0 Å². The fourth-order valence-corrected chi connectivity index (χ4v) is 8.47. The van der Waals surface area contributed by atoms with Crippen LogP contribution in [0, 0.1) is 45.8 Å². The molecule has 0 aromatic carbocycles. The fraction of sp³-hybridized carbons (Fsp3) is 0.970. The third-order valence-electron chi connectivity index (χ3n) is 9.94. The van der Waals surface area contributed by atoms with Gasteiger partial charge in [0.05, 0.1) is 7.11 Å². The third kappa shape index (κ3) is 8.23. The topological polar surface area (TPSA) is 26.3 Å². The first-order valence-electron chi connectivity index (χ1n) is 15.6. The van der Waals surface area contributed by atoms with Gasteiger partial charge in [0.25, 0.3) is 0 Å². The van der Waals surface area contributed by atoms with Gasteiger partial charge in [0.15, 0.2) is 0 Å². The maximum atomic E-state index is 11.5. The van der Waals surface area contributed by atoms with Crippen LogP contribution in [0.5, 0.6) is 0 Å². The maximum Gasteiger partial charge on any atom is 0.305 e. The molecule has 7 unspecified atom stereocenters. The smallest absolute Gasteiger partial charge is 0.305 e. The number of methoxy groups -OCH3 is 1. The highest BCUT2D eigenvalue weighted by Crippen LogP contribution is 2.67. The van der Waals surface area contributed by atoms with E-state index in [0.717, 1.165) is 36.0 Å². The highest BCUT2D eigenvalue weighted by Gasteiger charge is 2.59. The van der Waals surface area contributed by atoms with E-state index in [4.69, 9.17) is 4.74 Å². The van der Waals surface area contributed by atoms with Crippen LogP contribution in [0.1, 0.15) is 153 Å². The van der Waals surface area contributed by atoms with Gasteiger partial charge in [-0.2, -0.15) is 0 Å². The highest BCUT2D eigenvalue weighted by atomic mass is 16.5. The van der Waals surface area contributed by atoms with E-state index in [2.05, 4.69) is 41.5 Å². The minimum absolute atomic E-state index is 0.0306. The second-order valence-electron chi connectivity index (χ2n) is 13.7. The first-order valence-corrected chi connectivity index (χ1v) is 15.6. The van der Waals surface area contributed by atoms with Gasteiger partial charge in [-0.3, -0.25) is 4.79 Å². The summed E-state index contributed by atoms with van der Waals surface area (Å²) in [5.41, 5.74) is 1.71. The van der Waals surface area contributed by atoms with Crippen LogP contribution in [0.2, 0.25) is 0 Å². The van der Waals surface area contributed by atoms with Crippen molar-refractivity contribution in [2.45, 2.75) is 153 Å². The van der Waals surface area contributed by atoms with E-state index in [-0.39, 0.29) is 5.97 Å². The Balaban J connectivity index is 0.000000598. The summed E-state index contributed by atoms with van der Waals surface area (Å²) in [4.78, 5) is 11.5. The quantitative estimate of drug-likeness (QED) is 0.365. The molecule has 4 rings (SSSR count). The molecule has 2 heteroatoms. The zero-order valence-corrected chi connectivity index (χ0v) is 25.9. The normalized spacial score (nSPS) is 37.4.